The molecule has 1 rings (SSSR count). The van der Waals surface area contributed by atoms with Gasteiger partial charge >= 0.3 is 0 Å². The molecule has 2 nitrogen and oxygen atoms in total. The first-order valence-corrected chi connectivity index (χ1v) is 4.14. The summed E-state index contributed by atoms with van der Waals surface area (Å²) in [6.45, 7) is 4.35. The topological polar surface area (TPSA) is 29.3 Å². The Bertz CT molecular complexity index is 103. The maximum absolute atomic E-state index is 5.53. The Labute approximate surface area is 63.4 Å². The van der Waals surface area contributed by atoms with Crippen molar-refractivity contribution in [3.63, 3.8) is 0 Å². The average Bonchev–Trinajstić information content (AvgIpc) is 1.96. The molecule has 1 aliphatic rings. The predicted molar refractivity (Wildman–Crippen MR) is 43.9 cm³/mol. The Hall–Kier alpha value is -0.0800. The fourth-order valence-electron chi connectivity index (χ4n) is 1.43. The zero-order chi connectivity index (χ0) is 7.56. The van der Waals surface area contributed by atoms with E-state index < -0.39 is 0 Å². The van der Waals surface area contributed by atoms with Crippen LogP contribution >= 0.6 is 0 Å². The summed E-state index contributed by atoms with van der Waals surface area (Å²) < 4.78 is 0. The molecule has 1 heterocycles. The molecule has 0 bridgehead atoms. The van der Waals surface area contributed by atoms with Crippen molar-refractivity contribution in [3.8, 4) is 0 Å². The molecule has 0 saturated carbocycles. The van der Waals surface area contributed by atoms with Crippen molar-refractivity contribution in [2.45, 2.75) is 25.8 Å². The lowest BCUT2D eigenvalue weighted by molar-refractivity contribution is 0.105. The molecule has 2 unspecified atom stereocenters. The molecule has 1 fully saturated rings. The van der Waals surface area contributed by atoms with Gasteiger partial charge in [-0.05, 0) is 38.9 Å². The van der Waals surface area contributed by atoms with Crippen LogP contribution in [0.15, 0.2) is 0 Å². The summed E-state index contributed by atoms with van der Waals surface area (Å²) in [6, 6.07) is 0.832. The monoisotopic (exact) mass is 142 g/mol. The van der Waals surface area contributed by atoms with Crippen LogP contribution in [0.5, 0.6) is 0 Å². The molecule has 2 N–H and O–H groups in total. The highest BCUT2D eigenvalue weighted by Crippen LogP contribution is 2.21. The molecule has 1 saturated heterocycles. The van der Waals surface area contributed by atoms with Gasteiger partial charge in [0.05, 0.1) is 0 Å². The second kappa shape index (κ2) is 3.35. The van der Waals surface area contributed by atoms with Crippen LogP contribution < -0.4 is 5.73 Å². The third-order valence-electron chi connectivity index (χ3n) is 2.52. The minimum absolute atomic E-state index is 0.702. The molecule has 2 atom stereocenters. The lowest BCUT2D eigenvalue weighted by Gasteiger charge is -2.39. The maximum Gasteiger partial charge on any atom is 0.0107 e. The Balaban J connectivity index is 2.12. The van der Waals surface area contributed by atoms with Gasteiger partial charge in [-0.3, -0.25) is 0 Å². The zero-order valence-corrected chi connectivity index (χ0v) is 7.01. The first-order chi connectivity index (χ1) is 4.74. The van der Waals surface area contributed by atoms with Crippen LogP contribution in [0, 0.1) is 5.92 Å². The lowest BCUT2D eigenvalue weighted by Crippen LogP contribution is -2.45. The molecular weight excluding hydrogens is 124 g/mol. The van der Waals surface area contributed by atoms with Gasteiger partial charge in [-0.2, -0.15) is 0 Å². The Morgan fingerprint density at radius 3 is 2.70 bits per heavy atom. The lowest BCUT2D eigenvalue weighted by atomic mass is 9.93. The first-order valence-electron chi connectivity index (χ1n) is 4.14. The second-order valence-electron chi connectivity index (χ2n) is 3.50. The molecule has 60 valence electrons. The minimum atomic E-state index is 0.702. The maximum atomic E-state index is 5.53. The molecule has 1 aliphatic heterocycles. The fraction of sp³-hybridized carbons (Fsp3) is 1.00. The Morgan fingerprint density at radius 2 is 2.40 bits per heavy atom. The molecule has 2 heteroatoms. The summed E-state index contributed by atoms with van der Waals surface area (Å²) in [6.07, 6.45) is 2.66. The van der Waals surface area contributed by atoms with E-state index in [1.165, 1.54) is 19.4 Å². The van der Waals surface area contributed by atoms with Gasteiger partial charge in [-0.25, -0.2) is 0 Å². The van der Waals surface area contributed by atoms with Gasteiger partial charge in [-0.1, -0.05) is 6.92 Å². The van der Waals surface area contributed by atoms with Crippen LogP contribution in [-0.4, -0.2) is 31.1 Å². The van der Waals surface area contributed by atoms with E-state index in [0.29, 0.717) is 5.92 Å². The van der Waals surface area contributed by atoms with E-state index in [1.807, 2.05) is 0 Å². The van der Waals surface area contributed by atoms with Crippen LogP contribution in [0.1, 0.15) is 19.8 Å². The fourth-order valence-corrected chi connectivity index (χ4v) is 1.43. The van der Waals surface area contributed by atoms with Crippen molar-refractivity contribution >= 4 is 0 Å². The molecular formula is C8H18N2. The standard InChI is InChI=1S/C8H18N2/c1-7(6-9)5-8-3-4-10(8)2/h7-8H,3-6,9H2,1-2H3. The molecule has 0 radical (unpaired) electrons. The van der Waals surface area contributed by atoms with Crippen LogP contribution in [0.4, 0.5) is 0 Å². The van der Waals surface area contributed by atoms with Crippen molar-refractivity contribution in [3.05, 3.63) is 0 Å². The largest absolute Gasteiger partial charge is 0.330 e. The first kappa shape index (κ1) is 8.02. The van der Waals surface area contributed by atoms with Crippen LogP contribution in [0.3, 0.4) is 0 Å². The summed E-state index contributed by atoms with van der Waals surface area (Å²) >= 11 is 0. The highest BCUT2D eigenvalue weighted by atomic mass is 15.2. The van der Waals surface area contributed by atoms with Gasteiger partial charge < -0.3 is 10.6 Å². The van der Waals surface area contributed by atoms with E-state index in [0.717, 1.165) is 12.6 Å². The van der Waals surface area contributed by atoms with Crippen molar-refractivity contribution in [1.29, 1.82) is 0 Å². The van der Waals surface area contributed by atoms with Gasteiger partial charge in [0, 0.05) is 6.04 Å². The molecule has 0 aromatic carbocycles. The third-order valence-corrected chi connectivity index (χ3v) is 2.52. The number of nitrogens with zero attached hydrogens (tertiary/aromatic N) is 1. The summed E-state index contributed by atoms with van der Waals surface area (Å²) in [5.41, 5.74) is 5.53. The van der Waals surface area contributed by atoms with Gasteiger partial charge in [0.25, 0.3) is 0 Å². The average molecular weight is 142 g/mol. The molecule has 0 spiro atoms. The molecule has 0 aliphatic carbocycles. The summed E-state index contributed by atoms with van der Waals surface area (Å²) in [5.74, 6) is 0.702. The van der Waals surface area contributed by atoms with Crippen molar-refractivity contribution < 1.29 is 0 Å². The molecule has 0 amide bonds. The number of likely N-dealkylation sites (tertiary alicyclic amines) is 1. The van der Waals surface area contributed by atoms with Gasteiger partial charge in [0.2, 0.25) is 0 Å². The highest BCUT2D eigenvalue weighted by Gasteiger charge is 2.24. The minimum Gasteiger partial charge on any atom is -0.330 e. The van der Waals surface area contributed by atoms with Crippen molar-refractivity contribution in [2.24, 2.45) is 11.7 Å². The van der Waals surface area contributed by atoms with Crippen molar-refractivity contribution in [1.82, 2.24) is 4.90 Å². The van der Waals surface area contributed by atoms with Gasteiger partial charge in [0.15, 0.2) is 0 Å². The Kier molecular flexibility index (Phi) is 2.69. The predicted octanol–water partition coefficient (Wildman–Crippen LogP) is 0.675. The molecule has 10 heavy (non-hydrogen) atoms. The Morgan fingerprint density at radius 1 is 1.70 bits per heavy atom. The summed E-state index contributed by atoms with van der Waals surface area (Å²) in [5, 5.41) is 0. The number of hydrogen-bond donors (Lipinski definition) is 1. The van der Waals surface area contributed by atoms with E-state index in [4.69, 9.17) is 5.73 Å². The zero-order valence-electron chi connectivity index (χ0n) is 7.01. The molecule has 0 aromatic heterocycles. The van der Waals surface area contributed by atoms with Crippen molar-refractivity contribution in [2.75, 3.05) is 20.1 Å². The second-order valence-corrected chi connectivity index (χ2v) is 3.50. The normalized spacial score (nSPS) is 29.7. The summed E-state index contributed by atoms with van der Waals surface area (Å²) in [7, 11) is 2.19. The highest BCUT2D eigenvalue weighted by molar-refractivity contribution is 4.81. The third kappa shape index (κ3) is 1.70. The van der Waals surface area contributed by atoms with Gasteiger partial charge in [-0.15, -0.1) is 0 Å². The van der Waals surface area contributed by atoms with E-state index >= 15 is 0 Å². The van der Waals surface area contributed by atoms with Gasteiger partial charge in [0.1, 0.15) is 0 Å². The number of rotatable bonds is 3. The number of nitrogens with two attached hydrogens (primary N) is 1. The van der Waals surface area contributed by atoms with Crippen LogP contribution in [0.25, 0.3) is 0 Å². The smallest absolute Gasteiger partial charge is 0.0107 e. The van der Waals surface area contributed by atoms with Crippen LogP contribution in [0.2, 0.25) is 0 Å². The quantitative estimate of drug-likeness (QED) is 0.627. The SMILES string of the molecule is CC(CN)CC1CCN1C. The number of hydrogen-bond acceptors (Lipinski definition) is 2. The summed E-state index contributed by atoms with van der Waals surface area (Å²) in [4.78, 5) is 2.41. The van der Waals surface area contributed by atoms with E-state index in [-0.39, 0.29) is 0 Å². The molecule has 0 aromatic rings. The van der Waals surface area contributed by atoms with E-state index in [2.05, 4.69) is 18.9 Å². The van der Waals surface area contributed by atoms with Crippen LogP contribution in [-0.2, 0) is 0 Å². The van der Waals surface area contributed by atoms with E-state index in [9.17, 15) is 0 Å². The van der Waals surface area contributed by atoms with E-state index in [1.54, 1.807) is 0 Å².